The summed E-state index contributed by atoms with van der Waals surface area (Å²) in [6, 6.07) is 9.14. The number of hydrogen-bond donors (Lipinski definition) is 2. The van der Waals surface area contributed by atoms with Crippen LogP contribution in [-0.4, -0.2) is 17.0 Å². The zero-order chi connectivity index (χ0) is 16.9. The van der Waals surface area contributed by atoms with E-state index in [0.717, 1.165) is 7.11 Å². The quantitative estimate of drug-likeness (QED) is 0.703. The van der Waals surface area contributed by atoms with E-state index in [-0.39, 0.29) is 4.75 Å². The Bertz CT molecular complexity index is 347. The molecule has 0 saturated heterocycles. The topological polar surface area (TPSA) is 32.3 Å². The summed E-state index contributed by atoms with van der Waals surface area (Å²) < 4.78 is 3.89. The lowest BCUT2D eigenvalue weighted by atomic mass is 9.99. The summed E-state index contributed by atoms with van der Waals surface area (Å²) in [4.78, 5) is 0. The van der Waals surface area contributed by atoms with Gasteiger partial charge in [-0.05, 0) is 45.2 Å². The monoisotopic (exact) mass is 313 g/mol. The largest absolute Gasteiger partial charge is 0.400 e. The lowest BCUT2D eigenvalue weighted by Crippen LogP contribution is -2.22. The second kappa shape index (κ2) is 13.2. The number of aliphatic hydroxyl groups excluding tert-OH is 1. The summed E-state index contributed by atoms with van der Waals surface area (Å²) in [5.41, 5.74) is 2.82. The van der Waals surface area contributed by atoms with Crippen molar-refractivity contribution in [2.45, 2.75) is 72.1 Å². The van der Waals surface area contributed by atoms with Gasteiger partial charge in [-0.3, -0.25) is 4.72 Å². The van der Waals surface area contributed by atoms with Crippen LogP contribution in [0.2, 0.25) is 0 Å². The molecule has 3 heteroatoms. The molecule has 0 bridgehead atoms. The normalized spacial score (nSPS) is 11.7. The first kappa shape index (κ1) is 22.8. The average Bonchev–Trinajstić information content (AvgIpc) is 2.48. The molecule has 0 saturated carbocycles. The number of aryl methyl sites for hydroxylation is 1. The van der Waals surface area contributed by atoms with Gasteiger partial charge in [0, 0.05) is 17.9 Å². The third kappa shape index (κ3) is 10.8. The molecule has 0 fully saturated rings. The summed E-state index contributed by atoms with van der Waals surface area (Å²) in [6.07, 6.45) is 2.39. The lowest BCUT2D eigenvalue weighted by molar-refractivity contribution is 0.399. The Kier molecular flexibility index (Phi) is 14.3. The van der Waals surface area contributed by atoms with E-state index in [1.807, 2.05) is 25.8 Å². The Balaban J connectivity index is 0. The van der Waals surface area contributed by atoms with Gasteiger partial charge in [0.15, 0.2) is 0 Å². The third-order valence-corrected chi connectivity index (χ3v) is 3.66. The summed E-state index contributed by atoms with van der Waals surface area (Å²) in [5.74, 6) is 0. The Hall–Kier alpha value is -0.510. The molecule has 2 N–H and O–H groups in total. The van der Waals surface area contributed by atoms with Crippen molar-refractivity contribution in [2.24, 2.45) is 0 Å². The van der Waals surface area contributed by atoms with Crippen LogP contribution in [0, 0.1) is 6.92 Å². The van der Waals surface area contributed by atoms with Crippen LogP contribution in [0.15, 0.2) is 24.3 Å². The van der Waals surface area contributed by atoms with Gasteiger partial charge in [0.25, 0.3) is 0 Å². The highest BCUT2D eigenvalue weighted by Gasteiger charge is 2.17. The van der Waals surface area contributed by atoms with Crippen molar-refractivity contribution < 1.29 is 5.11 Å². The van der Waals surface area contributed by atoms with Crippen molar-refractivity contribution in [1.29, 1.82) is 0 Å². The van der Waals surface area contributed by atoms with E-state index in [0.29, 0.717) is 6.04 Å². The molecule has 2 nitrogen and oxygen atoms in total. The van der Waals surface area contributed by atoms with Crippen LogP contribution in [0.25, 0.3) is 0 Å². The van der Waals surface area contributed by atoms with Crippen molar-refractivity contribution in [2.75, 3.05) is 7.11 Å². The first-order valence-electron chi connectivity index (χ1n) is 7.88. The predicted octanol–water partition coefficient (Wildman–Crippen LogP) is 5.51. The lowest BCUT2D eigenvalue weighted by Gasteiger charge is -2.25. The smallest absolute Gasteiger partial charge is 0.0424 e. The molecule has 0 spiro atoms. The minimum Gasteiger partial charge on any atom is -0.400 e. The maximum atomic E-state index is 7.00. The molecule has 1 aromatic rings. The molecule has 1 atom stereocenters. The third-order valence-electron chi connectivity index (χ3n) is 2.65. The summed E-state index contributed by atoms with van der Waals surface area (Å²) >= 11 is 1.84. The van der Waals surface area contributed by atoms with Gasteiger partial charge in [-0.15, -0.1) is 0 Å². The Morgan fingerprint density at radius 1 is 1.14 bits per heavy atom. The first-order chi connectivity index (χ1) is 9.94. The molecule has 1 aromatic carbocycles. The van der Waals surface area contributed by atoms with E-state index >= 15 is 0 Å². The van der Waals surface area contributed by atoms with Crippen LogP contribution in [0.4, 0.5) is 0 Å². The number of rotatable bonds is 5. The fourth-order valence-electron chi connectivity index (χ4n) is 1.79. The molecule has 0 heterocycles. The van der Waals surface area contributed by atoms with E-state index < -0.39 is 0 Å². The zero-order valence-electron chi connectivity index (χ0n) is 15.2. The van der Waals surface area contributed by atoms with Crippen molar-refractivity contribution in [3.8, 4) is 0 Å². The van der Waals surface area contributed by atoms with Crippen molar-refractivity contribution in [3.63, 3.8) is 0 Å². The molecule has 0 radical (unpaired) electrons. The van der Waals surface area contributed by atoms with Crippen LogP contribution < -0.4 is 4.72 Å². The number of hydrogen-bond acceptors (Lipinski definition) is 3. The SMILES string of the molecule is CC.CCCC(NSC(C)(C)C)c1ccccc1C.CO. The Morgan fingerprint density at radius 3 is 2.10 bits per heavy atom. The summed E-state index contributed by atoms with van der Waals surface area (Å²) in [7, 11) is 1.00. The van der Waals surface area contributed by atoms with Crippen LogP contribution in [0.1, 0.15) is 71.6 Å². The molecule has 1 unspecified atom stereocenters. The van der Waals surface area contributed by atoms with E-state index in [2.05, 4.69) is 63.6 Å². The Morgan fingerprint density at radius 2 is 1.67 bits per heavy atom. The number of aliphatic hydroxyl groups is 1. The van der Waals surface area contributed by atoms with Crippen LogP contribution in [0.3, 0.4) is 0 Å². The van der Waals surface area contributed by atoms with E-state index in [1.165, 1.54) is 24.0 Å². The van der Waals surface area contributed by atoms with E-state index in [4.69, 9.17) is 5.11 Å². The van der Waals surface area contributed by atoms with Crippen molar-refractivity contribution in [1.82, 2.24) is 4.72 Å². The van der Waals surface area contributed by atoms with Gasteiger partial charge < -0.3 is 5.11 Å². The van der Waals surface area contributed by atoms with Gasteiger partial charge in [-0.25, -0.2) is 0 Å². The van der Waals surface area contributed by atoms with Crippen molar-refractivity contribution in [3.05, 3.63) is 35.4 Å². The second-order valence-electron chi connectivity index (χ2n) is 5.53. The maximum absolute atomic E-state index is 7.00. The van der Waals surface area contributed by atoms with Gasteiger partial charge in [0.05, 0.1) is 0 Å². The molecule has 124 valence electrons. The molecular formula is C18H35NOS. The minimum absolute atomic E-state index is 0.259. The molecule has 0 aliphatic carbocycles. The maximum Gasteiger partial charge on any atom is 0.0424 e. The van der Waals surface area contributed by atoms with E-state index in [1.54, 1.807) is 0 Å². The average molecular weight is 314 g/mol. The van der Waals surface area contributed by atoms with Gasteiger partial charge in [-0.1, -0.05) is 63.4 Å². The summed E-state index contributed by atoms with van der Waals surface area (Å²) in [5, 5.41) is 7.00. The number of benzene rings is 1. The van der Waals surface area contributed by atoms with Crippen LogP contribution >= 0.6 is 11.9 Å². The highest BCUT2D eigenvalue weighted by molar-refractivity contribution is 7.98. The molecule has 0 amide bonds. The van der Waals surface area contributed by atoms with Crippen LogP contribution in [0.5, 0.6) is 0 Å². The Labute approximate surface area is 136 Å². The standard InChI is InChI=1S/C15H25NS.C2H6.CH4O/c1-6-9-14(16-17-15(3,4)5)13-11-8-7-10-12(13)2;2*1-2/h7-8,10-11,14,16H,6,9H2,1-5H3;1-2H3;2H,1H3. The summed E-state index contributed by atoms with van der Waals surface area (Å²) in [6.45, 7) is 15.2. The fraction of sp³-hybridized carbons (Fsp3) is 0.667. The molecule has 0 aromatic heterocycles. The van der Waals surface area contributed by atoms with Gasteiger partial charge in [-0.2, -0.15) is 0 Å². The highest BCUT2D eigenvalue weighted by atomic mass is 32.2. The minimum atomic E-state index is 0.259. The highest BCUT2D eigenvalue weighted by Crippen LogP contribution is 2.28. The molecule has 1 rings (SSSR count). The molecule has 0 aliphatic heterocycles. The molecular weight excluding hydrogens is 278 g/mol. The molecule has 21 heavy (non-hydrogen) atoms. The van der Waals surface area contributed by atoms with Gasteiger partial charge in [0.1, 0.15) is 0 Å². The zero-order valence-corrected chi connectivity index (χ0v) is 16.0. The fourth-order valence-corrected chi connectivity index (χ4v) is 2.53. The van der Waals surface area contributed by atoms with E-state index in [9.17, 15) is 0 Å². The first-order valence-corrected chi connectivity index (χ1v) is 8.69. The predicted molar refractivity (Wildman–Crippen MR) is 98.8 cm³/mol. The second-order valence-corrected chi connectivity index (χ2v) is 7.19. The molecule has 0 aliphatic rings. The number of nitrogens with one attached hydrogen (secondary N) is 1. The van der Waals surface area contributed by atoms with Crippen LogP contribution in [-0.2, 0) is 0 Å². The van der Waals surface area contributed by atoms with Crippen molar-refractivity contribution >= 4 is 11.9 Å². The van der Waals surface area contributed by atoms with Gasteiger partial charge >= 0.3 is 0 Å². The van der Waals surface area contributed by atoms with Gasteiger partial charge in [0.2, 0.25) is 0 Å².